The minimum absolute atomic E-state index is 0.136. The number of thiazole rings is 1. The van der Waals surface area contributed by atoms with E-state index in [0.717, 1.165) is 31.2 Å². The number of thioether (sulfide) groups is 1. The molecule has 0 aliphatic heterocycles. The molecule has 0 saturated carbocycles. The highest BCUT2D eigenvalue weighted by molar-refractivity contribution is 7.98. The van der Waals surface area contributed by atoms with Crippen LogP contribution in [0.3, 0.4) is 0 Å². The lowest BCUT2D eigenvalue weighted by Gasteiger charge is -2.14. The molecule has 20 heavy (non-hydrogen) atoms. The summed E-state index contributed by atoms with van der Waals surface area (Å²) in [7, 11) is 1.80. The van der Waals surface area contributed by atoms with Crippen LogP contribution in [0.15, 0.2) is 10.4 Å². The zero-order chi connectivity index (χ0) is 15.0. The largest absolute Gasteiger partial charge is 0.356 e. The lowest BCUT2D eigenvalue weighted by Crippen LogP contribution is -2.39. The SMILES string of the molecule is CN=C(NCCSC)NCCc1nc(C(C)(C)C)cs1. The van der Waals surface area contributed by atoms with Gasteiger partial charge in [0, 0.05) is 43.1 Å². The van der Waals surface area contributed by atoms with Crippen LogP contribution in [-0.2, 0) is 11.8 Å². The average molecular weight is 315 g/mol. The molecular weight excluding hydrogens is 288 g/mol. The first-order valence-corrected chi connectivity index (χ1v) is 9.13. The van der Waals surface area contributed by atoms with Gasteiger partial charge in [-0.2, -0.15) is 11.8 Å². The summed E-state index contributed by atoms with van der Waals surface area (Å²) in [5.74, 6) is 1.95. The zero-order valence-corrected chi connectivity index (χ0v) is 14.7. The molecule has 0 aliphatic rings. The molecule has 4 nitrogen and oxygen atoms in total. The fraction of sp³-hybridized carbons (Fsp3) is 0.714. The molecule has 1 aromatic heterocycles. The van der Waals surface area contributed by atoms with Crippen LogP contribution in [0.4, 0.5) is 0 Å². The van der Waals surface area contributed by atoms with Crippen molar-refractivity contribution in [2.45, 2.75) is 32.6 Å². The van der Waals surface area contributed by atoms with Gasteiger partial charge in [0.25, 0.3) is 0 Å². The van der Waals surface area contributed by atoms with Gasteiger partial charge in [0.1, 0.15) is 0 Å². The third-order valence-corrected chi connectivity index (χ3v) is 4.29. The summed E-state index contributed by atoms with van der Waals surface area (Å²) in [6.45, 7) is 8.38. The Hall–Kier alpha value is -0.750. The predicted octanol–water partition coefficient (Wildman–Crippen LogP) is 2.51. The normalized spacial score (nSPS) is 12.6. The van der Waals surface area contributed by atoms with Crippen LogP contribution < -0.4 is 10.6 Å². The van der Waals surface area contributed by atoms with E-state index in [9.17, 15) is 0 Å². The molecule has 0 radical (unpaired) electrons. The van der Waals surface area contributed by atoms with E-state index in [2.05, 4.69) is 48.0 Å². The van der Waals surface area contributed by atoms with E-state index in [4.69, 9.17) is 4.98 Å². The van der Waals surface area contributed by atoms with Gasteiger partial charge in [-0.3, -0.25) is 4.99 Å². The standard InChI is InChI=1S/C14H26N4S2/c1-14(2,3)11-10-20-12(18-11)6-7-16-13(15-4)17-8-9-19-5/h10H,6-9H2,1-5H3,(H2,15,16,17). The summed E-state index contributed by atoms with van der Waals surface area (Å²) in [6, 6.07) is 0. The molecule has 114 valence electrons. The second-order valence-electron chi connectivity index (χ2n) is 5.55. The van der Waals surface area contributed by atoms with E-state index in [1.54, 1.807) is 18.4 Å². The lowest BCUT2D eigenvalue weighted by molar-refractivity contribution is 0.570. The Morgan fingerprint density at radius 3 is 2.60 bits per heavy atom. The van der Waals surface area contributed by atoms with Gasteiger partial charge in [-0.1, -0.05) is 20.8 Å². The van der Waals surface area contributed by atoms with Gasteiger partial charge in [-0.25, -0.2) is 4.98 Å². The molecule has 2 N–H and O–H groups in total. The summed E-state index contributed by atoms with van der Waals surface area (Å²) in [4.78, 5) is 8.90. The molecular formula is C14H26N4S2. The number of nitrogens with zero attached hydrogens (tertiary/aromatic N) is 2. The molecule has 0 bridgehead atoms. The number of nitrogens with one attached hydrogen (secondary N) is 2. The predicted molar refractivity (Wildman–Crippen MR) is 92.3 cm³/mol. The molecule has 1 rings (SSSR count). The minimum Gasteiger partial charge on any atom is -0.356 e. The number of rotatable bonds is 6. The Morgan fingerprint density at radius 2 is 2.05 bits per heavy atom. The fourth-order valence-corrected chi connectivity index (χ4v) is 2.88. The van der Waals surface area contributed by atoms with Gasteiger partial charge in [-0.15, -0.1) is 11.3 Å². The Bertz CT molecular complexity index is 421. The molecule has 0 amide bonds. The highest BCUT2D eigenvalue weighted by atomic mass is 32.2. The first-order chi connectivity index (χ1) is 9.47. The lowest BCUT2D eigenvalue weighted by atomic mass is 9.93. The van der Waals surface area contributed by atoms with Crippen molar-refractivity contribution >= 4 is 29.1 Å². The van der Waals surface area contributed by atoms with Gasteiger partial charge in [0.15, 0.2) is 5.96 Å². The summed E-state index contributed by atoms with van der Waals surface area (Å²) < 4.78 is 0. The Balaban J connectivity index is 2.34. The number of guanidine groups is 1. The van der Waals surface area contributed by atoms with Gasteiger partial charge < -0.3 is 10.6 Å². The highest BCUT2D eigenvalue weighted by Gasteiger charge is 2.17. The smallest absolute Gasteiger partial charge is 0.191 e. The van der Waals surface area contributed by atoms with Crippen LogP contribution in [0.2, 0.25) is 0 Å². The number of hydrogen-bond acceptors (Lipinski definition) is 4. The molecule has 0 aromatic carbocycles. The van der Waals surface area contributed by atoms with E-state index < -0.39 is 0 Å². The molecule has 6 heteroatoms. The van der Waals surface area contributed by atoms with E-state index in [-0.39, 0.29) is 5.41 Å². The molecule has 0 saturated heterocycles. The van der Waals surface area contributed by atoms with E-state index in [1.807, 2.05) is 11.8 Å². The summed E-state index contributed by atoms with van der Waals surface area (Å²) in [5.41, 5.74) is 1.32. The van der Waals surface area contributed by atoms with Gasteiger partial charge in [-0.05, 0) is 6.26 Å². The van der Waals surface area contributed by atoms with Crippen LogP contribution in [0.1, 0.15) is 31.5 Å². The quantitative estimate of drug-likeness (QED) is 0.481. The fourth-order valence-electron chi connectivity index (χ4n) is 1.55. The van der Waals surface area contributed by atoms with Crippen molar-refractivity contribution in [1.29, 1.82) is 0 Å². The van der Waals surface area contributed by atoms with E-state index in [0.29, 0.717) is 0 Å². The highest BCUT2D eigenvalue weighted by Crippen LogP contribution is 2.23. The third-order valence-electron chi connectivity index (χ3n) is 2.77. The van der Waals surface area contributed by atoms with E-state index in [1.165, 1.54) is 10.7 Å². The third kappa shape index (κ3) is 6.13. The van der Waals surface area contributed by atoms with Gasteiger partial charge in [0.05, 0.1) is 10.7 Å². The van der Waals surface area contributed by atoms with Gasteiger partial charge in [0.2, 0.25) is 0 Å². The maximum atomic E-state index is 4.69. The summed E-state index contributed by atoms with van der Waals surface area (Å²) >= 11 is 3.57. The van der Waals surface area contributed by atoms with Crippen molar-refractivity contribution in [3.05, 3.63) is 16.1 Å². The van der Waals surface area contributed by atoms with Gasteiger partial charge >= 0.3 is 0 Å². The van der Waals surface area contributed by atoms with Crippen molar-refractivity contribution in [3.63, 3.8) is 0 Å². The maximum absolute atomic E-state index is 4.69. The van der Waals surface area contributed by atoms with Crippen molar-refractivity contribution < 1.29 is 0 Å². The van der Waals surface area contributed by atoms with Crippen LogP contribution in [-0.4, -0.2) is 43.1 Å². The van der Waals surface area contributed by atoms with Crippen molar-refractivity contribution in [3.8, 4) is 0 Å². The van der Waals surface area contributed by atoms with Crippen LogP contribution in [0.5, 0.6) is 0 Å². The molecule has 1 aromatic rings. The number of hydrogen-bond donors (Lipinski definition) is 2. The first-order valence-electron chi connectivity index (χ1n) is 6.85. The zero-order valence-electron chi connectivity index (χ0n) is 13.1. The molecule has 0 spiro atoms. The van der Waals surface area contributed by atoms with Crippen molar-refractivity contribution in [2.75, 3.05) is 32.1 Å². The molecule has 0 fully saturated rings. The molecule has 1 heterocycles. The Morgan fingerprint density at radius 1 is 1.35 bits per heavy atom. The number of aliphatic imine (C=N–C) groups is 1. The second kappa shape index (κ2) is 8.52. The summed E-state index contributed by atoms with van der Waals surface area (Å²) in [5, 5.41) is 9.96. The monoisotopic (exact) mass is 314 g/mol. The molecule has 0 aliphatic carbocycles. The topological polar surface area (TPSA) is 49.3 Å². The molecule has 0 atom stereocenters. The van der Waals surface area contributed by atoms with E-state index >= 15 is 0 Å². The Kier molecular flexibility index (Phi) is 7.37. The minimum atomic E-state index is 0.136. The summed E-state index contributed by atoms with van der Waals surface area (Å²) in [6.07, 6.45) is 3.04. The first kappa shape index (κ1) is 17.3. The van der Waals surface area contributed by atoms with Crippen molar-refractivity contribution in [2.24, 2.45) is 4.99 Å². The van der Waals surface area contributed by atoms with Crippen molar-refractivity contribution in [1.82, 2.24) is 15.6 Å². The van der Waals surface area contributed by atoms with Crippen LogP contribution in [0, 0.1) is 0 Å². The average Bonchev–Trinajstić information content (AvgIpc) is 2.86. The second-order valence-corrected chi connectivity index (χ2v) is 7.47. The number of aromatic nitrogens is 1. The molecule has 0 unspecified atom stereocenters. The van der Waals surface area contributed by atoms with Crippen LogP contribution in [0.25, 0.3) is 0 Å². The van der Waals surface area contributed by atoms with Crippen LogP contribution >= 0.6 is 23.1 Å². The maximum Gasteiger partial charge on any atom is 0.191 e. The Labute approximate surface area is 130 Å².